The summed E-state index contributed by atoms with van der Waals surface area (Å²) in [5, 5.41) is 6.49. The van der Waals surface area contributed by atoms with Crippen LogP contribution in [0.25, 0.3) is 0 Å². The van der Waals surface area contributed by atoms with Crippen LogP contribution in [0.1, 0.15) is 38.6 Å². The van der Waals surface area contributed by atoms with E-state index < -0.39 is 6.55 Å². The van der Waals surface area contributed by atoms with Crippen LogP contribution in [-0.4, -0.2) is 40.3 Å². The summed E-state index contributed by atoms with van der Waals surface area (Å²) in [6.07, 6.45) is 6.38. The highest BCUT2D eigenvalue weighted by Crippen LogP contribution is 2.34. The Morgan fingerprint density at radius 2 is 2.41 bits per heavy atom. The summed E-state index contributed by atoms with van der Waals surface area (Å²) in [4.78, 5) is 8.30. The third-order valence-corrected chi connectivity index (χ3v) is 4.11. The molecule has 22 heavy (non-hydrogen) atoms. The van der Waals surface area contributed by atoms with E-state index in [1.807, 2.05) is 6.92 Å². The van der Waals surface area contributed by atoms with Crippen LogP contribution in [-0.2, 0) is 11.3 Å². The number of fused-ring (bicyclic) bond motifs is 2. The molecule has 2 bridgehead atoms. The number of guanidine groups is 1. The number of rotatable bonds is 5. The molecule has 2 N–H and O–H groups in total. The molecule has 2 aliphatic rings. The summed E-state index contributed by atoms with van der Waals surface area (Å²) in [7, 11) is 0. The molecular weight excluding hydrogens is 292 g/mol. The molecule has 3 rings (SSSR count). The normalized spacial score (nSPS) is 27.6. The monoisotopic (exact) mass is 313 g/mol. The van der Waals surface area contributed by atoms with Gasteiger partial charge in [-0.05, 0) is 26.2 Å². The Labute approximate surface area is 128 Å². The smallest absolute Gasteiger partial charge is 0.319 e. The highest BCUT2D eigenvalue weighted by molar-refractivity contribution is 5.80. The molecule has 0 radical (unpaired) electrons. The van der Waals surface area contributed by atoms with Gasteiger partial charge in [0.2, 0.25) is 0 Å². The highest BCUT2D eigenvalue weighted by Gasteiger charge is 2.41. The van der Waals surface area contributed by atoms with Crippen LogP contribution >= 0.6 is 0 Å². The number of nitrogens with one attached hydrogen (secondary N) is 2. The zero-order valence-corrected chi connectivity index (χ0v) is 12.5. The molecular formula is C14H21F2N5O. The van der Waals surface area contributed by atoms with Crippen molar-refractivity contribution in [2.75, 3.05) is 6.54 Å². The number of aliphatic imine (C=N–C) groups is 1. The Hall–Kier alpha value is -1.70. The van der Waals surface area contributed by atoms with Gasteiger partial charge >= 0.3 is 6.55 Å². The molecule has 3 atom stereocenters. The van der Waals surface area contributed by atoms with Gasteiger partial charge in [0.25, 0.3) is 0 Å². The van der Waals surface area contributed by atoms with Crippen LogP contribution in [0.2, 0.25) is 0 Å². The van der Waals surface area contributed by atoms with E-state index in [0.29, 0.717) is 18.6 Å². The quantitative estimate of drug-likeness (QED) is 0.641. The van der Waals surface area contributed by atoms with Gasteiger partial charge in [-0.3, -0.25) is 4.57 Å². The first-order valence-corrected chi connectivity index (χ1v) is 7.67. The molecule has 3 unspecified atom stereocenters. The van der Waals surface area contributed by atoms with E-state index in [2.05, 4.69) is 20.6 Å². The minimum absolute atomic E-state index is 0.106. The van der Waals surface area contributed by atoms with Gasteiger partial charge in [0.15, 0.2) is 5.96 Å². The molecule has 0 amide bonds. The lowest BCUT2D eigenvalue weighted by molar-refractivity contribution is 0.0671. The average Bonchev–Trinajstić information content (AvgIpc) is 3.20. The summed E-state index contributed by atoms with van der Waals surface area (Å²) in [5.74, 6) is 0.865. The van der Waals surface area contributed by atoms with Gasteiger partial charge in [0, 0.05) is 18.9 Å². The Morgan fingerprint density at radius 3 is 3.05 bits per heavy atom. The summed E-state index contributed by atoms with van der Waals surface area (Å²) >= 11 is 0. The molecule has 0 saturated carbocycles. The third-order valence-electron chi connectivity index (χ3n) is 4.11. The third kappa shape index (κ3) is 3.21. The van der Waals surface area contributed by atoms with Crippen molar-refractivity contribution in [1.82, 2.24) is 20.2 Å². The maximum Gasteiger partial charge on any atom is 0.319 e. The van der Waals surface area contributed by atoms with Gasteiger partial charge in [-0.2, -0.15) is 8.78 Å². The predicted molar refractivity (Wildman–Crippen MR) is 77.7 cm³/mol. The topological polar surface area (TPSA) is 63.5 Å². The van der Waals surface area contributed by atoms with Crippen LogP contribution in [0.3, 0.4) is 0 Å². The van der Waals surface area contributed by atoms with Gasteiger partial charge in [-0.15, -0.1) is 0 Å². The van der Waals surface area contributed by atoms with Gasteiger partial charge in [-0.1, -0.05) is 0 Å². The lowest BCUT2D eigenvalue weighted by Gasteiger charge is -2.22. The number of alkyl halides is 2. The maximum absolute atomic E-state index is 12.8. The Morgan fingerprint density at radius 1 is 1.55 bits per heavy atom. The van der Waals surface area contributed by atoms with Crippen LogP contribution < -0.4 is 10.6 Å². The summed E-state index contributed by atoms with van der Waals surface area (Å²) < 4.78 is 32.2. The van der Waals surface area contributed by atoms with Crippen LogP contribution in [0, 0.1) is 0 Å². The molecule has 1 aromatic heterocycles. The molecule has 8 heteroatoms. The SMILES string of the molecule is CCNC(=NCc1nccn1C(F)F)NC1CC2CCC1O2. The number of aromatic nitrogens is 2. The molecule has 2 saturated heterocycles. The van der Waals surface area contributed by atoms with Crippen molar-refractivity contribution < 1.29 is 13.5 Å². The molecule has 122 valence electrons. The minimum Gasteiger partial charge on any atom is -0.373 e. The second kappa shape index (κ2) is 6.60. The van der Waals surface area contributed by atoms with Gasteiger partial charge in [-0.25, -0.2) is 9.98 Å². The second-order valence-corrected chi connectivity index (χ2v) is 5.58. The molecule has 0 aliphatic carbocycles. The van der Waals surface area contributed by atoms with Crippen molar-refractivity contribution in [3.05, 3.63) is 18.2 Å². The Kier molecular flexibility index (Phi) is 4.56. The minimum atomic E-state index is -2.60. The number of hydrogen-bond acceptors (Lipinski definition) is 3. The number of halogens is 2. The Bertz CT molecular complexity index is 533. The number of nitrogens with zero attached hydrogens (tertiary/aromatic N) is 3. The summed E-state index contributed by atoms with van der Waals surface area (Å²) in [5.41, 5.74) is 0. The number of hydrogen-bond donors (Lipinski definition) is 2. The van der Waals surface area contributed by atoms with Gasteiger partial charge in [0.1, 0.15) is 12.4 Å². The average molecular weight is 313 g/mol. The van der Waals surface area contributed by atoms with Crippen molar-refractivity contribution in [2.24, 2.45) is 4.99 Å². The lowest BCUT2D eigenvalue weighted by Crippen LogP contribution is -2.47. The molecule has 1 aromatic rings. The van der Waals surface area contributed by atoms with Crippen molar-refractivity contribution in [1.29, 1.82) is 0 Å². The standard InChI is InChI=1S/C14H21F2N5O/c1-2-17-14(20-10-7-9-3-4-11(10)22-9)19-8-12-18-5-6-21(12)13(15)16/h5-6,9-11,13H,2-4,7-8H2,1H3,(H2,17,19,20). The largest absolute Gasteiger partial charge is 0.373 e. The maximum atomic E-state index is 12.8. The molecule has 0 spiro atoms. The van der Waals surface area contributed by atoms with Crippen LogP contribution in [0.15, 0.2) is 17.4 Å². The molecule has 2 fully saturated rings. The van der Waals surface area contributed by atoms with E-state index in [1.54, 1.807) is 0 Å². The van der Waals surface area contributed by atoms with E-state index in [0.717, 1.165) is 23.8 Å². The van der Waals surface area contributed by atoms with Gasteiger partial charge < -0.3 is 15.4 Å². The highest BCUT2D eigenvalue weighted by atomic mass is 19.3. The fourth-order valence-corrected chi connectivity index (χ4v) is 3.08. The van der Waals surface area contributed by atoms with E-state index >= 15 is 0 Å². The number of imidazole rings is 1. The molecule has 3 heterocycles. The van der Waals surface area contributed by atoms with Crippen molar-refractivity contribution in [3.63, 3.8) is 0 Å². The van der Waals surface area contributed by atoms with Crippen molar-refractivity contribution >= 4 is 5.96 Å². The van der Waals surface area contributed by atoms with E-state index in [-0.39, 0.29) is 24.5 Å². The zero-order valence-electron chi connectivity index (χ0n) is 12.5. The fraction of sp³-hybridized carbons (Fsp3) is 0.714. The summed E-state index contributed by atoms with van der Waals surface area (Å²) in [6.45, 7) is 0.182. The molecule has 2 aliphatic heterocycles. The van der Waals surface area contributed by atoms with Crippen molar-refractivity contribution in [3.8, 4) is 0 Å². The summed E-state index contributed by atoms with van der Waals surface area (Å²) in [6, 6.07) is 0.242. The van der Waals surface area contributed by atoms with Gasteiger partial charge in [0.05, 0.1) is 18.2 Å². The van der Waals surface area contributed by atoms with E-state index in [4.69, 9.17) is 4.74 Å². The lowest BCUT2D eigenvalue weighted by atomic mass is 9.96. The Balaban J connectivity index is 1.64. The first-order chi connectivity index (χ1) is 10.7. The predicted octanol–water partition coefficient (Wildman–Crippen LogP) is 1.65. The van der Waals surface area contributed by atoms with Crippen LogP contribution in [0.4, 0.5) is 8.78 Å². The first kappa shape index (κ1) is 15.2. The molecule has 6 nitrogen and oxygen atoms in total. The van der Waals surface area contributed by atoms with Crippen LogP contribution in [0.5, 0.6) is 0 Å². The van der Waals surface area contributed by atoms with Crippen molar-refractivity contribution in [2.45, 2.75) is 57.5 Å². The van der Waals surface area contributed by atoms with E-state index in [9.17, 15) is 8.78 Å². The molecule has 0 aromatic carbocycles. The van der Waals surface area contributed by atoms with E-state index in [1.165, 1.54) is 12.4 Å². The number of ether oxygens (including phenoxy) is 1. The first-order valence-electron chi connectivity index (χ1n) is 7.67. The zero-order chi connectivity index (χ0) is 15.5. The fourth-order valence-electron chi connectivity index (χ4n) is 3.08. The second-order valence-electron chi connectivity index (χ2n) is 5.58.